The molecule has 0 N–H and O–H groups in total. The average molecular weight is 525 g/mol. The van der Waals surface area contributed by atoms with Crippen LogP contribution in [0.5, 0.6) is 0 Å². The summed E-state index contributed by atoms with van der Waals surface area (Å²) in [5, 5.41) is -0.114. The van der Waals surface area contributed by atoms with Crippen LogP contribution >= 0.6 is 23.5 Å². The van der Waals surface area contributed by atoms with E-state index in [1.807, 2.05) is 78.9 Å². The Morgan fingerprint density at radius 3 is 1.32 bits per heavy atom. The van der Waals surface area contributed by atoms with Crippen molar-refractivity contribution < 1.29 is 14.0 Å². The largest absolute Gasteiger partial charge is 0.282 e. The van der Waals surface area contributed by atoms with Gasteiger partial charge >= 0.3 is 0 Å². The fourth-order valence-electron chi connectivity index (χ4n) is 3.59. The molecule has 0 bridgehead atoms. The number of halogens is 1. The third-order valence-corrected chi connectivity index (χ3v) is 7.74. The maximum absolute atomic E-state index is 15.1. The van der Waals surface area contributed by atoms with Crippen molar-refractivity contribution in [3.63, 3.8) is 0 Å². The molecule has 5 heteroatoms. The van der Waals surface area contributed by atoms with Crippen molar-refractivity contribution >= 4 is 33.8 Å². The number of benzene rings is 4. The van der Waals surface area contributed by atoms with Crippen molar-refractivity contribution in [2.24, 2.45) is 0 Å². The van der Waals surface area contributed by atoms with Gasteiger partial charge in [0.25, 0.3) is 0 Å². The van der Waals surface area contributed by atoms with Crippen LogP contribution in [0.4, 0.5) is 4.39 Å². The monoisotopic (exact) mass is 524 g/mol. The summed E-state index contributed by atoms with van der Waals surface area (Å²) in [6.07, 6.45) is 0. The van der Waals surface area contributed by atoms with Crippen LogP contribution < -0.4 is 0 Å². The highest BCUT2D eigenvalue weighted by Crippen LogP contribution is 2.32. The first kappa shape index (κ1) is 26.4. The summed E-state index contributed by atoms with van der Waals surface area (Å²) in [7, 11) is 0. The second kappa shape index (κ2) is 11.6. The minimum Gasteiger partial charge on any atom is -0.282 e. The standard InChI is InChI=1S/C32H25FO2S2/c1-20(2)31(34)36-27-14-9-23(10-15-27)22-5-7-25(8-6-22)29-18-13-26(19-30(29)33)24-11-16-28(17-12-24)37-32(35)21(3)4/h5-19H,1,3H2,2,4H3. The average Bonchev–Trinajstić information content (AvgIpc) is 2.89. The number of hydrogen-bond acceptors (Lipinski definition) is 4. The van der Waals surface area contributed by atoms with Gasteiger partial charge in [0.1, 0.15) is 5.82 Å². The molecule has 4 aromatic rings. The summed E-state index contributed by atoms with van der Waals surface area (Å²) in [6.45, 7) is 10.7. The second-order valence-corrected chi connectivity index (χ2v) is 10.8. The van der Waals surface area contributed by atoms with E-state index in [0.717, 1.165) is 61.1 Å². The Morgan fingerprint density at radius 2 is 0.919 bits per heavy atom. The van der Waals surface area contributed by atoms with Crippen LogP contribution in [0.25, 0.3) is 33.4 Å². The van der Waals surface area contributed by atoms with Gasteiger partial charge in [-0.05, 0) is 107 Å². The molecule has 0 fully saturated rings. The summed E-state index contributed by atoms with van der Waals surface area (Å²) in [5.74, 6) is -0.301. The van der Waals surface area contributed by atoms with Gasteiger partial charge in [0.15, 0.2) is 0 Å². The van der Waals surface area contributed by atoms with Crippen molar-refractivity contribution in [3.8, 4) is 33.4 Å². The van der Waals surface area contributed by atoms with Crippen LogP contribution in [-0.4, -0.2) is 10.2 Å². The lowest BCUT2D eigenvalue weighted by molar-refractivity contribution is -0.108. The number of carbonyl (C=O) groups is 2. The lowest BCUT2D eigenvalue weighted by atomic mass is 9.97. The Bertz CT molecular complexity index is 1490. The van der Waals surface area contributed by atoms with Gasteiger partial charge in [-0.25, -0.2) is 4.39 Å². The normalized spacial score (nSPS) is 10.7. The molecule has 0 atom stereocenters. The molecule has 0 unspecified atom stereocenters. The predicted molar refractivity (Wildman–Crippen MR) is 154 cm³/mol. The Balaban J connectivity index is 1.48. The number of thioether (sulfide) groups is 2. The van der Waals surface area contributed by atoms with Gasteiger partial charge < -0.3 is 0 Å². The summed E-state index contributed by atoms with van der Waals surface area (Å²) >= 11 is 2.29. The van der Waals surface area contributed by atoms with Crippen LogP contribution in [0.15, 0.2) is 125 Å². The SMILES string of the molecule is C=C(C)C(=O)Sc1ccc(-c2ccc(-c3ccc(-c4ccc(SC(=O)C(=C)C)cc4)cc3F)cc2)cc1. The molecule has 37 heavy (non-hydrogen) atoms. The van der Waals surface area contributed by atoms with E-state index in [2.05, 4.69) is 13.2 Å². The van der Waals surface area contributed by atoms with E-state index in [-0.39, 0.29) is 16.0 Å². The fraction of sp³-hybridized carbons (Fsp3) is 0.0625. The van der Waals surface area contributed by atoms with Crippen molar-refractivity contribution in [1.82, 2.24) is 0 Å². The molecule has 0 radical (unpaired) electrons. The van der Waals surface area contributed by atoms with Gasteiger partial charge in [-0.1, -0.05) is 73.8 Å². The molecule has 0 heterocycles. The third kappa shape index (κ3) is 6.56. The smallest absolute Gasteiger partial charge is 0.219 e. The Kier molecular flexibility index (Phi) is 8.27. The first-order valence-electron chi connectivity index (χ1n) is 11.6. The highest BCUT2D eigenvalue weighted by molar-refractivity contribution is 8.14. The molecule has 0 aromatic heterocycles. The van der Waals surface area contributed by atoms with E-state index in [1.54, 1.807) is 19.9 Å². The quantitative estimate of drug-likeness (QED) is 0.178. The molecule has 4 rings (SSSR count). The molecule has 184 valence electrons. The van der Waals surface area contributed by atoms with E-state index in [9.17, 15) is 9.59 Å². The maximum atomic E-state index is 15.1. The highest BCUT2D eigenvalue weighted by Gasteiger charge is 2.10. The van der Waals surface area contributed by atoms with Gasteiger partial charge in [-0.3, -0.25) is 9.59 Å². The molecular weight excluding hydrogens is 499 g/mol. The van der Waals surface area contributed by atoms with Crippen molar-refractivity contribution in [2.75, 3.05) is 0 Å². The maximum Gasteiger partial charge on any atom is 0.219 e. The molecular formula is C32H25FO2S2. The molecule has 0 aliphatic heterocycles. The first-order chi connectivity index (χ1) is 17.7. The van der Waals surface area contributed by atoms with Crippen LogP contribution in [0.3, 0.4) is 0 Å². The summed E-state index contributed by atoms with van der Waals surface area (Å²) in [4.78, 5) is 25.4. The summed E-state index contributed by atoms with van der Waals surface area (Å²) in [5.41, 5.74) is 6.00. The van der Waals surface area contributed by atoms with E-state index in [4.69, 9.17) is 0 Å². The van der Waals surface area contributed by atoms with Crippen LogP contribution in [0.1, 0.15) is 13.8 Å². The van der Waals surface area contributed by atoms with Crippen LogP contribution in [0, 0.1) is 5.82 Å². The fourth-order valence-corrected chi connectivity index (χ4v) is 4.91. The molecule has 4 aromatic carbocycles. The number of rotatable bonds is 7. The summed E-state index contributed by atoms with van der Waals surface area (Å²) < 4.78 is 15.1. The zero-order chi connectivity index (χ0) is 26.5. The highest BCUT2D eigenvalue weighted by atomic mass is 32.2. The summed E-state index contributed by atoms with van der Waals surface area (Å²) in [6, 6.07) is 28.2. The molecule has 0 aliphatic rings. The molecule has 0 amide bonds. The molecule has 0 spiro atoms. The van der Waals surface area contributed by atoms with Gasteiger partial charge in [-0.15, -0.1) is 0 Å². The molecule has 0 saturated heterocycles. The second-order valence-electron chi connectivity index (χ2n) is 8.66. The Labute approximate surface area is 225 Å². The minimum atomic E-state index is -0.301. The first-order valence-corrected chi connectivity index (χ1v) is 13.2. The molecule has 2 nitrogen and oxygen atoms in total. The lowest BCUT2D eigenvalue weighted by Crippen LogP contribution is -1.91. The van der Waals surface area contributed by atoms with Crippen molar-refractivity contribution in [2.45, 2.75) is 23.6 Å². The Hall–Kier alpha value is -3.67. The van der Waals surface area contributed by atoms with E-state index < -0.39 is 0 Å². The zero-order valence-electron chi connectivity index (χ0n) is 20.6. The van der Waals surface area contributed by atoms with Crippen molar-refractivity contribution in [3.05, 3.63) is 121 Å². The molecule has 0 aliphatic carbocycles. The van der Waals surface area contributed by atoms with Gasteiger partial charge in [-0.2, -0.15) is 0 Å². The third-order valence-electron chi connectivity index (χ3n) is 5.66. The molecule has 0 saturated carbocycles. The lowest BCUT2D eigenvalue weighted by Gasteiger charge is -2.09. The topological polar surface area (TPSA) is 34.1 Å². The minimum absolute atomic E-state index is 0.0451. The number of carbonyl (C=O) groups excluding carboxylic acids is 2. The van der Waals surface area contributed by atoms with Crippen LogP contribution in [0.2, 0.25) is 0 Å². The van der Waals surface area contributed by atoms with Gasteiger partial charge in [0, 0.05) is 15.4 Å². The van der Waals surface area contributed by atoms with E-state index in [0.29, 0.717) is 16.7 Å². The predicted octanol–water partition coefficient (Wildman–Crippen LogP) is 9.22. The zero-order valence-corrected chi connectivity index (χ0v) is 22.2. The van der Waals surface area contributed by atoms with Crippen molar-refractivity contribution in [1.29, 1.82) is 0 Å². The van der Waals surface area contributed by atoms with Crippen LogP contribution in [-0.2, 0) is 9.59 Å². The van der Waals surface area contributed by atoms with E-state index >= 15 is 4.39 Å². The Morgan fingerprint density at radius 1 is 0.568 bits per heavy atom. The van der Waals surface area contributed by atoms with Gasteiger partial charge in [0.2, 0.25) is 10.2 Å². The van der Waals surface area contributed by atoms with Gasteiger partial charge in [0.05, 0.1) is 0 Å². The van der Waals surface area contributed by atoms with E-state index in [1.165, 1.54) is 6.07 Å². The number of hydrogen-bond donors (Lipinski definition) is 0.